The van der Waals surface area contributed by atoms with E-state index in [2.05, 4.69) is 36.2 Å². The second-order valence-electron chi connectivity index (χ2n) is 7.22. The van der Waals surface area contributed by atoms with E-state index in [-0.39, 0.29) is 0 Å². The van der Waals surface area contributed by atoms with E-state index in [1.807, 2.05) is 36.4 Å². The molecular weight excluding hydrogens is 388 g/mol. The summed E-state index contributed by atoms with van der Waals surface area (Å²) in [5, 5.41) is 8.56. The van der Waals surface area contributed by atoms with E-state index in [9.17, 15) is 0 Å². The summed E-state index contributed by atoms with van der Waals surface area (Å²) in [6.45, 7) is 0. The number of anilines is 1. The third-order valence-corrected chi connectivity index (χ3v) is 5.26. The number of nitrogens with one attached hydrogen (secondary N) is 2. The number of nitrogens with zero attached hydrogens (tertiary/aromatic N) is 5. The highest BCUT2D eigenvalue weighted by Crippen LogP contribution is 2.32. The Morgan fingerprint density at radius 3 is 2.58 bits per heavy atom. The highest BCUT2D eigenvalue weighted by molar-refractivity contribution is 5.97. The second-order valence-corrected chi connectivity index (χ2v) is 7.22. The minimum Gasteiger partial charge on any atom is -0.397 e. The van der Waals surface area contributed by atoms with Crippen molar-refractivity contribution in [1.82, 2.24) is 35.1 Å². The molecule has 5 aromatic heterocycles. The molecule has 8 heteroatoms. The molecule has 0 saturated carbocycles. The molecular formula is C23H16N8. The third-order valence-electron chi connectivity index (χ3n) is 5.26. The van der Waals surface area contributed by atoms with Crippen LogP contribution in [0.2, 0.25) is 0 Å². The molecule has 5 heterocycles. The maximum absolute atomic E-state index is 5.91. The SMILES string of the molecule is Nc1cncc(-c2ccc3[nH]nc(-c4nc5c(-c6ccncc6)ccnc5[nH]4)c3c2)c1. The van der Waals surface area contributed by atoms with Gasteiger partial charge in [-0.1, -0.05) is 6.07 Å². The van der Waals surface area contributed by atoms with Crippen LogP contribution in [0.25, 0.3) is 55.8 Å². The Bertz CT molecular complexity index is 1550. The lowest BCUT2D eigenvalue weighted by molar-refractivity contribution is 1.10. The Labute approximate surface area is 176 Å². The van der Waals surface area contributed by atoms with E-state index in [0.717, 1.165) is 44.4 Å². The zero-order valence-electron chi connectivity index (χ0n) is 16.2. The average Bonchev–Trinajstić information content (AvgIpc) is 3.43. The van der Waals surface area contributed by atoms with E-state index in [1.54, 1.807) is 31.0 Å². The first-order valence-electron chi connectivity index (χ1n) is 9.71. The number of rotatable bonds is 3. The van der Waals surface area contributed by atoms with Gasteiger partial charge in [-0.15, -0.1) is 0 Å². The fraction of sp³-hybridized carbons (Fsp3) is 0. The lowest BCUT2D eigenvalue weighted by atomic mass is 10.0. The predicted molar refractivity (Wildman–Crippen MR) is 120 cm³/mol. The molecule has 0 aliphatic heterocycles. The Morgan fingerprint density at radius 2 is 1.71 bits per heavy atom. The minimum absolute atomic E-state index is 0.622. The number of hydrogen-bond donors (Lipinski definition) is 3. The van der Waals surface area contributed by atoms with Crippen molar-refractivity contribution in [1.29, 1.82) is 0 Å². The number of imidazole rings is 1. The van der Waals surface area contributed by atoms with Crippen LogP contribution in [0.15, 0.2) is 73.4 Å². The van der Waals surface area contributed by atoms with Crippen LogP contribution >= 0.6 is 0 Å². The van der Waals surface area contributed by atoms with Crippen molar-refractivity contribution in [2.24, 2.45) is 0 Å². The molecule has 4 N–H and O–H groups in total. The number of H-pyrrole nitrogens is 2. The number of aromatic nitrogens is 7. The summed E-state index contributed by atoms with van der Waals surface area (Å²) in [4.78, 5) is 20.9. The minimum atomic E-state index is 0.622. The van der Waals surface area contributed by atoms with Crippen LogP contribution in [0.1, 0.15) is 0 Å². The summed E-state index contributed by atoms with van der Waals surface area (Å²) in [5.74, 6) is 0.651. The van der Waals surface area contributed by atoms with Crippen molar-refractivity contribution in [3.05, 3.63) is 73.4 Å². The molecule has 148 valence electrons. The lowest BCUT2D eigenvalue weighted by Crippen LogP contribution is -1.88. The van der Waals surface area contributed by atoms with Crippen LogP contribution < -0.4 is 5.73 Å². The van der Waals surface area contributed by atoms with Crippen molar-refractivity contribution in [2.75, 3.05) is 5.73 Å². The van der Waals surface area contributed by atoms with E-state index in [1.165, 1.54) is 0 Å². The molecule has 1 aromatic carbocycles. The molecule has 0 spiro atoms. The number of hydrogen-bond acceptors (Lipinski definition) is 6. The molecule has 0 aliphatic carbocycles. The Kier molecular flexibility index (Phi) is 3.76. The van der Waals surface area contributed by atoms with Crippen LogP contribution in [-0.4, -0.2) is 35.1 Å². The molecule has 0 atom stereocenters. The molecule has 31 heavy (non-hydrogen) atoms. The van der Waals surface area contributed by atoms with Gasteiger partial charge in [0.2, 0.25) is 0 Å². The first kappa shape index (κ1) is 17.3. The highest BCUT2D eigenvalue weighted by Gasteiger charge is 2.16. The van der Waals surface area contributed by atoms with Crippen molar-refractivity contribution in [2.45, 2.75) is 0 Å². The summed E-state index contributed by atoms with van der Waals surface area (Å²) in [7, 11) is 0. The number of aromatic amines is 2. The van der Waals surface area contributed by atoms with E-state index in [4.69, 9.17) is 10.7 Å². The fourth-order valence-corrected chi connectivity index (χ4v) is 3.78. The van der Waals surface area contributed by atoms with Gasteiger partial charge in [0.25, 0.3) is 0 Å². The maximum Gasteiger partial charge on any atom is 0.160 e. The number of nitrogens with two attached hydrogens (primary N) is 1. The number of benzene rings is 1. The monoisotopic (exact) mass is 404 g/mol. The van der Waals surface area contributed by atoms with Gasteiger partial charge >= 0.3 is 0 Å². The zero-order chi connectivity index (χ0) is 20.8. The molecule has 0 bridgehead atoms. The summed E-state index contributed by atoms with van der Waals surface area (Å²) in [6, 6.07) is 13.8. The Morgan fingerprint density at radius 1 is 0.806 bits per heavy atom. The standard InChI is InChI=1S/C23H16N8/c24-16-9-15(11-26-12-16)14-1-2-19-18(10-14)21(31-30-19)23-28-20-17(5-8-27-22(20)29-23)13-3-6-25-7-4-13/h1-12H,24H2,(H,30,31)(H,27,28,29). The van der Waals surface area contributed by atoms with E-state index < -0.39 is 0 Å². The van der Waals surface area contributed by atoms with Crippen LogP contribution in [0.5, 0.6) is 0 Å². The van der Waals surface area contributed by atoms with Gasteiger partial charge in [0.05, 0.1) is 11.2 Å². The van der Waals surface area contributed by atoms with Crippen LogP contribution in [0.4, 0.5) is 5.69 Å². The maximum atomic E-state index is 5.91. The largest absolute Gasteiger partial charge is 0.397 e. The van der Waals surface area contributed by atoms with Gasteiger partial charge in [-0.2, -0.15) is 5.10 Å². The smallest absolute Gasteiger partial charge is 0.160 e. The van der Waals surface area contributed by atoms with Gasteiger partial charge < -0.3 is 10.7 Å². The van der Waals surface area contributed by atoms with Gasteiger partial charge in [0.1, 0.15) is 11.2 Å². The summed E-state index contributed by atoms with van der Waals surface area (Å²) in [5.41, 5.74) is 13.6. The first-order chi connectivity index (χ1) is 15.3. The van der Waals surface area contributed by atoms with Crippen molar-refractivity contribution in [3.8, 4) is 33.8 Å². The van der Waals surface area contributed by atoms with Crippen molar-refractivity contribution >= 4 is 27.8 Å². The van der Waals surface area contributed by atoms with Crippen LogP contribution in [-0.2, 0) is 0 Å². The molecule has 0 radical (unpaired) electrons. The number of pyridine rings is 3. The Balaban J connectivity index is 1.51. The van der Waals surface area contributed by atoms with E-state index in [0.29, 0.717) is 17.2 Å². The molecule has 0 saturated heterocycles. The van der Waals surface area contributed by atoms with Gasteiger partial charge in [0.15, 0.2) is 11.5 Å². The molecule has 6 rings (SSSR count). The number of fused-ring (bicyclic) bond motifs is 2. The second kappa shape index (κ2) is 6.74. The molecule has 0 fully saturated rings. The van der Waals surface area contributed by atoms with Crippen LogP contribution in [0, 0.1) is 0 Å². The molecule has 0 unspecified atom stereocenters. The normalized spacial score (nSPS) is 11.4. The van der Waals surface area contributed by atoms with Crippen molar-refractivity contribution in [3.63, 3.8) is 0 Å². The fourth-order valence-electron chi connectivity index (χ4n) is 3.78. The first-order valence-corrected chi connectivity index (χ1v) is 9.71. The molecule has 8 nitrogen and oxygen atoms in total. The van der Waals surface area contributed by atoms with Crippen LogP contribution in [0.3, 0.4) is 0 Å². The Hall–Kier alpha value is -4.59. The van der Waals surface area contributed by atoms with Gasteiger partial charge in [-0.05, 0) is 47.5 Å². The average molecular weight is 404 g/mol. The highest BCUT2D eigenvalue weighted by atomic mass is 15.1. The zero-order valence-corrected chi connectivity index (χ0v) is 16.2. The topological polar surface area (TPSA) is 122 Å². The van der Waals surface area contributed by atoms with Gasteiger partial charge in [-0.3, -0.25) is 15.1 Å². The number of nitrogen functional groups attached to an aromatic ring is 1. The van der Waals surface area contributed by atoms with Gasteiger partial charge in [0, 0.05) is 47.5 Å². The van der Waals surface area contributed by atoms with Gasteiger partial charge in [-0.25, -0.2) is 9.97 Å². The van der Waals surface area contributed by atoms with Crippen molar-refractivity contribution < 1.29 is 0 Å². The summed E-state index contributed by atoms with van der Waals surface area (Å²) in [6.07, 6.45) is 8.73. The summed E-state index contributed by atoms with van der Waals surface area (Å²) < 4.78 is 0. The molecule has 0 aliphatic rings. The summed E-state index contributed by atoms with van der Waals surface area (Å²) >= 11 is 0. The quantitative estimate of drug-likeness (QED) is 0.406. The molecule has 0 amide bonds. The third kappa shape index (κ3) is 2.89. The lowest BCUT2D eigenvalue weighted by Gasteiger charge is -2.03. The predicted octanol–water partition coefficient (Wildman–Crippen LogP) is 4.21. The van der Waals surface area contributed by atoms with E-state index >= 15 is 0 Å². The molecule has 6 aromatic rings.